The summed E-state index contributed by atoms with van der Waals surface area (Å²) in [5.41, 5.74) is 1.51. The van der Waals surface area contributed by atoms with E-state index < -0.39 is 11.9 Å². The summed E-state index contributed by atoms with van der Waals surface area (Å²) in [7, 11) is 0. The minimum atomic E-state index is -4.43. The van der Waals surface area contributed by atoms with E-state index in [1.165, 1.54) is 12.3 Å². The van der Waals surface area contributed by atoms with Gasteiger partial charge >= 0.3 is 6.18 Å². The number of amidine groups is 1. The van der Waals surface area contributed by atoms with Gasteiger partial charge in [-0.25, -0.2) is 4.99 Å². The maximum atomic E-state index is 12.5. The molecule has 0 saturated carbocycles. The predicted molar refractivity (Wildman–Crippen MR) is 84.6 cm³/mol. The van der Waals surface area contributed by atoms with Gasteiger partial charge in [-0.05, 0) is 11.6 Å². The van der Waals surface area contributed by atoms with Crippen molar-refractivity contribution in [2.24, 2.45) is 4.99 Å². The number of fused-ring (bicyclic) bond motifs is 1. The molecule has 130 valence electrons. The number of halogens is 3. The maximum absolute atomic E-state index is 12.5. The molecule has 0 unspecified atom stereocenters. The fourth-order valence-corrected chi connectivity index (χ4v) is 2.61. The number of nitrogens with one attached hydrogen (secondary N) is 2. The Hall–Kier alpha value is -3.04. The molecule has 0 amide bonds. The molecule has 2 aromatic rings. The van der Waals surface area contributed by atoms with Gasteiger partial charge in [0.1, 0.15) is 18.2 Å². The highest BCUT2D eigenvalue weighted by atomic mass is 19.4. The van der Waals surface area contributed by atoms with Gasteiger partial charge in [0.05, 0.1) is 30.8 Å². The Balaban J connectivity index is 1.46. The van der Waals surface area contributed by atoms with Gasteiger partial charge in [-0.15, -0.1) is 0 Å². The summed E-state index contributed by atoms with van der Waals surface area (Å²) in [6, 6.07) is 2.38. The first-order valence-corrected chi connectivity index (χ1v) is 7.55. The number of aliphatic imine (C=N–C) groups is 1. The highest BCUT2D eigenvalue weighted by molar-refractivity contribution is 6.00. The number of pyridine rings is 1. The van der Waals surface area contributed by atoms with Gasteiger partial charge in [0.15, 0.2) is 0 Å². The highest BCUT2D eigenvalue weighted by Crippen LogP contribution is 2.27. The van der Waals surface area contributed by atoms with Crippen LogP contribution in [0.2, 0.25) is 0 Å². The monoisotopic (exact) mass is 349 g/mol. The van der Waals surface area contributed by atoms with Crippen LogP contribution in [-0.4, -0.2) is 33.9 Å². The first-order valence-electron chi connectivity index (χ1n) is 7.55. The van der Waals surface area contributed by atoms with Crippen LogP contribution >= 0.6 is 0 Å². The topological polar surface area (TPSA) is 70.4 Å². The quantitative estimate of drug-likeness (QED) is 0.879. The number of hydrogen-bond donors (Lipinski definition) is 2. The second-order valence-corrected chi connectivity index (χ2v) is 5.64. The van der Waals surface area contributed by atoms with Crippen LogP contribution in [0.4, 0.5) is 18.9 Å². The SMILES string of the molecule is FC(F)(F)c1ccc(Cn2cc(N3C=C4NCNC4=NC3)cn2)cn1. The minimum Gasteiger partial charge on any atom is -0.364 e. The minimum absolute atomic E-state index is 0.337. The molecule has 0 aromatic carbocycles. The van der Waals surface area contributed by atoms with Gasteiger partial charge in [0.25, 0.3) is 0 Å². The Morgan fingerprint density at radius 1 is 1.16 bits per heavy atom. The number of alkyl halides is 3. The lowest BCUT2D eigenvalue weighted by atomic mass is 10.2. The third-order valence-corrected chi connectivity index (χ3v) is 3.87. The van der Waals surface area contributed by atoms with E-state index in [2.05, 4.69) is 25.7 Å². The molecule has 7 nitrogen and oxygen atoms in total. The Labute approximate surface area is 140 Å². The lowest BCUT2D eigenvalue weighted by Gasteiger charge is -2.20. The first kappa shape index (κ1) is 15.5. The summed E-state index contributed by atoms with van der Waals surface area (Å²) in [5.74, 6) is 0.847. The van der Waals surface area contributed by atoms with Crippen LogP contribution in [0.15, 0.2) is 47.6 Å². The molecule has 2 aromatic heterocycles. The van der Waals surface area contributed by atoms with Crippen LogP contribution < -0.4 is 15.5 Å². The highest BCUT2D eigenvalue weighted by Gasteiger charge is 2.32. The molecule has 0 atom stereocenters. The molecule has 1 saturated heterocycles. The van der Waals surface area contributed by atoms with Gasteiger partial charge in [-0.3, -0.25) is 9.67 Å². The van der Waals surface area contributed by atoms with Gasteiger partial charge in [-0.1, -0.05) is 6.07 Å². The Kier molecular flexibility index (Phi) is 3.59. The summed E-state index contributed by atoms with van der Waals surface area (Å²) in [5, 5.41) is 10.5. The van der Waals surface area contributed by atoms with Crippen molar-refractivity contribution < 1.29 is 13.2 Å². The summed E-state index contributed by atoms with van der Waals surface area (Å²) >= 11 is 0. The average Bonchev–Trinajstić information content (AvgIpc) is 3.22. The molecule has 2 aliphatic heterocycles. The summed E-state index contributed by atoms with van der Waals surface area (Å²) in [6.45, 7) is 1.46. The van der Waals surface area contributed by atoms with E-state index in [4.69, 9.17) is 0 Å². The maximum Gasteiger partial charge on any atom is 0.433 e. The van der Waals surface area contributed by atoms with Crippen molar-refractivity contribution in [1.82, 2.24) is 25.4 Å². The van der Waals surface area contributed by atoms with E-state index in [0.717, 1.165) is 23.3 Å². The molecule has 0 aliphatic carbocycles. The van der Waals surface area contributed by atoms with Crippen molar-refractivity contribution in [3.63, 3.8) is 0 Å². The van der Waals surface area contributed by atoms with Crippen molar-refractivity contribution in [3.05, 3.63) is 53.9 Å². The molecule has 4 heterocycles. The summed E-state index contributed by atoms with van der Waals surface area (Å²) < 4.78 is 39.3. The van der Waals surface area contributed by atoms with Crippen molar-refractivity contribution in [2.45, 2.75) is 12.7 Å². The van der Waals surface area contributed by atoms with E-state index in [-0.39, 0.29) is 0 Å². The Morgan fingerprint density at radius 3 is 2.80 bits per heavy atom. The standard InChI is InChI=1S/C15H14F3N7/c16-15(17,18)13-2-1-10(3-19-13)5-25-6-11(4-23-25)24-7-12-14(22-9-24)21-8-20-12/h1-4,6-7,20H,5,8-9H2,(H,21,22). The van der Waals surface area contributed by atoms with E-state index >= 15 is 0 Å². The number of rotatable bonds is 3. The molecule has 2 aliphatic rings. The number of anilines is 1. The van der Waals surface area contributed by atoms with Gasteiger partial charge < -0.3 is 15.5 Å². The van der Waals surface area contributed by atoms with Crippen LogP contribution in [0, 0.1) is 0 Å². The first-order chi connectivity index (χ1) is 12.0. The zero-order chi connectivity index (χ0) is 17.4. The molecular formula is C15H14F3N7. The third kappa shape index (κ3) is 3.14. The molecule has 0 bridgehead atoms. The largest absolute Gasteiger partial charge is 0.433 e. The molecule has 0 spiro atoms. The average molecular weight is 349 g/mol. The van der Waals surface area contributed by atoms with Crippen molar-refractivity contribution in [3.8, 4) is 0 Å². The van der Waals surface area contributed by atoms with Gasteiger partial charge in [0, 0.05) is 18.6 Å². The molecule has 10 heteroatoms. The second kappa shape index (κ2) is 5.80. The van der Waals surface area contributed by atoms with E-state index in [0.29, 0.717) is 25.4 Å². The smallest absolute Gasteiger partial charge is 0.364 e. The molecule has 1 fully saturated rings. The number of aromatic nitrogens is 3. The fraction of sp³-hybridized carbons (Fsp3) is 0.267. The van der Waals surface area contributed by atoms with E-state index in [9.17, 15) is 13.2 Å². The summed E-state index contributed by atoms with van der Waals surface area (Å²) in [4.78, 5) is 9.82. The zero-order valence-corrected chi connectivity index (χ0v) is 13.0. The van der Waals surface area contributed by atoms with Crippen LogP contribution in [0.5, 0.6) is 0 Å². The van der Waals surface area contributed by atoms with Crippen LogP contribution in [0.3, 0.4) is 0 Å². The zero-order valence-electron chi connectivity index (χ0n) is 13.0. The Bertz CT molecular complexity index is 836. The van der Waals surface area contributed by atoms with Crippen LogP contribution in [0.1, 0.15) is 11.3 Å². The van der Waals surface area contributed by atoms with E-state index in [1.807, 2.05) is 17.3 Å². The fourth-order valence-electron chi connectivity index (χ4n) is 2.61. The van der Waals surface area contributed by atoms with Crippen molar-refractivity contribution in [2.75, 3.05) is 18.2 Å². The van der Waals surface area contributed by atoms with Crippen LogP contribution in [-0.2, 0) is 12.7 Å². The second-order valence-electron chi connectivity index (χ2n) is 5.64. The van der Waals surface area contributed by atoms with Gasteiger partial charge in [-0.2, -0.15) is 18.3 Å². The van der Waals surface area contributed by atoms with Gasteiger partial charge in [0.2, 0.25) is 0 Å². The lowest BCUT2D eigenvalue weighted by molar-refractivity contribution is -0.141. The summed E-state index contributed by atoms with van der Waals surface area (Å²) in [6.07, 6.45) is 2.25. The normalized spacial score (nSPS) is 16.7. The molecule has 25 heavy (non-hydrogen) atoms. The van der Waals surface area contributed by atoms with Crippen LogP contribution in [0.25, 0.3) is 0 Å². The lowest BCUT2D eigenvalue weighted by Crippen LogP contribution is -2.27. The number of hydrogen-bond acceptors (Lipinski definition) is 6. The Morgan fingerprint density at radius 2 is 2.04 bits per heavy atom. The third-order valence-electron chi connectivity index (χ3n) is 3.87. The van der Waals surface area contributed by atoms with E-state index in [1.54, 1.807) is 10.9 Å². The molecule has 4 rings (SSSR count). The van der Waals surface area contributed by atoms with Crippen molar-refractivity contribution in [1.29, 1.82) is 0 Å². The molecule has 2 N–H and O–H groups in total. The number of nitrogens with zero attached hydrogens (tertiary/aromatic N) is 5. The predicted octanol–water partition coefficient (Wildman–Crippen LogP) is 1.51. The molecule has 0 radical (unpaired) electrons. The van der Waals surface area contributed by atoms with Crippen molar-refractivity contribution >= 4 is 11.5 Å². The molecular weight excluding hydrogens is 335 g/mol.